The Morgan fingerprint density at radius 1 is 1.16 bits per heavy atom. The van der Waals surface area contributed by atoms with E-state index in [0.717, 1.165) is 36.2 Å². The van der Waals surface area contributed by atoms with E-state index in [1.54, 1.807) is 0 Å². The van der Waals surface area contributed by atoms with Gasteiger partial charge in [0.25, 0.3) is 0 Å². The highest BCUT2D eigenvalue weighted by molar-refractivity contribution is 7.99. The fourth-order valence-corrected chi connectivity index (χ4v) is 2.20. The van der Waals surface area contributed by atoms with Crippen molar-refractivity contribution in [1.82, 2.24) is 4.98 Å². The lowest BCUT2D eigenvalue weighted by Gasteiger charge is -2.05. The normalized spacial score (nSPS) is 10.5. The molecule has 0 aliphatic heterocycles. The van der Waals surface area contributed by atoms with Gasteiger partial charge < -0.3 is 5.11 Å². The first-order valence-electron chi connectivity index (χ1n) is 4.99. The summed E-state index contributed by atoms with van der Waals surface area (Å²) in [6, 6.07) is 3.93. The molecule has 0 aliphatic carbocycles. The van der Waals surface area contributed by atoms with Crippen LogP contribution in [0.4, 0.5) is 13.2 Å². The second-order valence-corrected chi connectivity index (χ2v) is 4.55. The number of benzene rings is 1. The van der Waals surface area contributed by atoms with E-state index in [1.807, 2.05) is 0 Å². The summed E-state index contributed by atoms with van der Waals surface area (Å²) in [6.45, 7) is 0. The van der Waals surface area contributed by atoms with Crippen molar-refractivity contribution in [3.05, 3.63) is 53.5 Å². The average Bonchev–Trinajstić information content (AvgIpc) is 2.36. The van der Waals surface area contributed by atoms with Gasteiger partial charge in [-0.15, -0.1) is 0 Å². The Bertz CT molecular complexity index is 649. The Hall–Kier alpha value is -2.02. The second kappa shape index (κ2) is 5.31. The van der Waals surface area contributed by atoms with Crippen LogP contribution in [0.2, 0.25) is 0 Å². The van der Waals surface area contributed by atoms with Crippen molar-refractivity contribution in [1.29, 1.82) is 0 Å². The van der Waals surface area contributed by atoms with Crippen LogP contribution in [-0.4, -0.2) is 16.1 Å². The molecule has 0 aliphatic rings. The van der Waals surface area contributed by atoms with Gasteiger partial charge in [-0.05, 0) is 24.3 Å². The summed E-state index contributed by atoms with van der Waals surface area (Å²) in [5.41, 5.74) is -0.338. The minimum absolute atomic E-state index is 0.0000850. The van der Waals surface area contributed by atoms with Crippen LogP contribution in [0.25, 0.3) is 0 Å². The van der Waals surface area contributed by atoms with Gasteiger partial charge in [0.15, 0.2) is 11.6 Å². The fraction of sp³-hybridized carbons (Fsp3) is 0. The van der Waals surface area contributed by atoms with E-state index in [0.29, 0.717) is 0 Å². The Morgan fingerprint density at radius 3 is 2.53 bits per heavy atom. The Morgan fingerprint density at radius 2 is 1.89 bits per heavy atom. The van der Waals surface area contributed by atoms with Crippen LogP contribution >= 0.6 is 11.8 Å². The maximum absolute atomic E-state index is 13.0. The fourth-order valence-electron chi connectivity index (χ4n) is 1.31. The summed E-state index contributed by atoms with van der Waals surface area (Å²) in [4.78, 5) is 14.8. The van der Waals surface area contributed by atoms with Crippen molar-refractivity contribution in [3.8, 4) is 0 Å². The summed E-state index contributed by atoms with van der Waals surface area (Å²) in [6.07, 6.45) is 0.856. The monoisotopic (exact) mass is 285 g/mol. The van der Waals surface area contributed by atoms with Gasteiger partial charge in [0.05, 0.1) is 11.8 Å². The molecule has 0 atom stereocenters. The molecule has 7 heteroatoms. The number of halogens is 3. The number of aromatic nitrogens is 1. The molecule has 0 saturated heterocycles. The van der Waals surface area contributed by atoms with E-state index >= 15 is 0 Å². The van der Waals surface area contributed by atoms with E-state index in [-0.39, 0.29) is 15.5 Å². The first kappa shape index (κ1) is 13.4. The van der Waals surface area contributed by atoms with Crippen LogP contribution in [0.5, 0.6) is 0 Å². The average molecular weight is 285 g/mol. The molecule has 1 N–H and O–H groups in total. The zero-order valence-corrected chi connectivity index (χ0v) is 10.0. The number of nitrogens with zero attached hydrogens (tertiary/aromatic N) is 1. The maximum Gasteiger partial charge on any atom is 0.338 e. The second-order valence-electron chi connectivity index (χ2n) is 3.49. The molecule has 98 valence electrons. The maximum atomic E-state index is 13.0. The van der Waals surface area contributed by atoms with Crippen molar-refractivity contribution in [2.45, 2.75) is 9.92 Å². The summed E-state index contributed by atoms with van der Waals surface area (Å²) in [5, 5.41) is 8.91. The Balaban J connectivity index is 2.37. The molecule has 0 spiro atoms. The molecule has 2 rings (SSSR count). The molecule has 1 aromatic heterocycles. The van der Waals surface area contributed by atoms with Crippen LogP contribution in [0, 0.1) is 17.5 Å². The summed E-state index contributed by atoms with van der Waals surface area (Å²) < 4.78 is 38.7. The van der Waals surface area contributed by atoms with Crippen LogP contribution in [0.3, 0.4) is 0 Å². The molecule has 0 amide bonds. The lowest BCUT2D eigenvalue weighted by atomic mass is 10.3. The van der Waals surface area contributed by atoms with Crippen molar-refractivity contribution in [2.24, 2.45) is 0 Å². The summed E-state index contributed by atoms with van der Waals surface area (Å²) in [7, 11) is 0. The van der Waals surface area contributed by atoms with Crippen LogP contribution in [0.1, 0.15) is 10.4 Å². The predicted octanol–water partition coefficient (Wildman–Crippen LogP) is 3.35. The SMILES string of the molecule is O=C(O)c1cc(F)cnc1Sc1ccc(F)c(F)c1. The quantitative estimate of drug-likeness (QED) is 0.939. The van der Waals surface area contributed by atoms with Gasteiger partial charge in [-0.25, -0.2) is 22.9 Å². The molecule has 1 heterocycles. The van der Waals surface area contributed by atoms with Gasteiger partial charge >= 0.3 is 5.97 Å². The lowest BCUT2D eigenvalue weighted by molar-refractivity contribution is 0.0691. The Labute approximate surface area is 110 Å². The molecule has 0 radical (unpaired) electrons. The highest BCUT2D eigenvalue weighted by Crippen LogP contribution is 2.30. The van der Waals surface area contributed by atoms with E-state index in [1.165, 1.54) is 6.07 Å². The molecular weight excluding hydrogens is 279 g/mol. The number of rotatable bonds is 3. The van der Waals surface area contributed by atoms with Crippen molar-refractivity contribution in [3.63, 3.8) is 0 Å². The van der Waals surface area contributed by atoms with E-state index in [2.05, 4.69) is 4.98 Å². The third kappa shape index (κ3) is 3.05. The van der Waals surface area contributed by atoms with E-state index < -0.39 is 23.4 Å². The summed E-state index contributed by atoms with van der Waals surface area (Å²) >= 11 is 0.809. The number of aromatic carboxylic acids is 1. The molecule has 1 aromatic carbocycles. The zero-order chi connectivity index (χ0) is 14.0. The first-order chi connectivity index (χ1) is 8.97. The first-order valence-corrected chi connectivity index (χ1v) is 5.81. The Kier molecular flexibility index (Phi) is 3.75. The number of hydrogen-bond donors (Lipinski definition) is 1. The smallest absolute Gasteiger partial charge is 0.338 e. The van der Waals surface area contributed by atoms with Crippen LogP contribution in [0.15, 0.2) is 40.4 Å². The van der Waals surface area contributed by atoms with Gasteiger partial charge in [0.1, 0.15) is 10.8 Å². The van der Waals surface area contributed by atoms with Crippen molar-refractivity contribution >= 4 is 17.7 Å². The van der Waals surface area contributed by atoms with Crippen molar-refractivity contribution < 1.29 is 23.1 Å². The van der Waals surface area contributed by atoms with Gasteiger partial charge in [-0.2, -0.15) is 0 Å². The molecule has 0 fully saturated rings. The number of carboxylic acid groups (broad SMARTS) is 1. The van der Waals surface area contributed by atoms with E-state index in [4.69, 9.17) is 5.11 Å². The molecule has 3 nitrogen and oxygen atoms in total. The third-order valence-electron chi connectivity index (χ3n) is 2.15. The largest absolute Gasteiger partial charge is 0.478 e. The standard InChI is InChI=1S/C12H6F3NO2S/c13-6-3-8(12(17)18)11(16-5-6)19-7-1-2-9(14)10(15)4-7/h1-5H,(H,17,18). The molecule has 19 heavy (non-hydrogen) atoms. The number of carbonyl (C=O) groups is 1. The van der Waals surface area contributed by atoms with Gasteiger partial charge in [-0.3, -0.25) is 0 Å². The number of hydrogen-bond acceptors (Lipinski definition) is 3. The molecule has 0 unspecified atom stereocenters. The molecule has 2 aromatic rings. The molecular formula is C12H6F3NO2S. The van der Waals surface area contributed by atoms with Gasteiger partial charge in [0.2, 0.25) is 0 Å². The van der Waals surface area contributed by atoms with Gasteiger partial charge in [0, 0.05) is 4.90 Å². The minimum Gasteiger partial charge on any atom is -0.478 e. The minimum atomic E-state index is -1.35. The third-order valence-corrected chi connectivity index (χ3v) is 3.16. The highest BCUT2D eigenvalue weighted by Gasteiger charge is 2.15. The predicted molar refractivity (Wildman–Crippen MR) is 61.6 cm³/mol. The number of carboxylic acids is 1. The summed E-state index contributed by atoms with van der Waals surface area (Å²) in [5.74, 6) is -4.19. The van der Waals surface area contributed by atoms with Crippen molar-refractivity contribution in [2.75, 3.05) is 0 Å². The molecule has 0 bridgehead atoms. The topological polar surface area (TPSA) is 50.2 Å². The highest BCUT2D eigenvalue weighted by atomic mass is 32.2. The van der Waals surface area contributed by atoms with Crippen LogP contribution in [-0.2, 0) is 0 Å². The number of pyridine rings is 1. The zero-order valence-electron chi connectivity index (χ0n) is 9.23. The molecule has 0 saturated carbocycles. The van der Waals surface area contributed by atoms with Crippen LogP contribution < -0.4 is 0 Å². The lowest BCUT2D eigenvalue weighted by Crippen LogP contribution is -2.01. The van der Waals surface area contributed by atoms with Gasteiger partial charge in [-0.1, -0.05) is 11.8 Å². The van der Waals surface area contributed by atoms with E-state index in [9.17, 15) is 18.0 Å².